The molecule has 3 N–H and O–H groups in total. The summed E-state index contributed by atoms with van der Waals surface area (Å²) in [5.41, 5.74) is -0.0382. The van der Waals surface area contributed by atoms with E-state index in [9.17, 15) is 4.79 Å². The van der Waals surface area contributed by atoms with Crippen LogP contribution in [0, 0.1) is 11.3 Å². The van der Waals surface area contributed by atoms with Gasteiger partial charge in [-0.1, -0.05) is 0 Å². The van der Waals surface area contributed by atoms with E-state index in [-0.39, 0.29) is 31.9 Å². The van der Waals surface area contributed by atoms with Crippen LogP contribution in [0.2, 0.25) is 0 Å². The number of hydrogen-bond donors (Lipinski definition) is 3. The van der Waals surface area contributed by atoms with Crippen LogP contribution in [0.4, 0.5) is 0 Å². The van der Waals surface area contributed by atoms with Crippen LogP contribution in [0.1, 0.15) is 6.92 Å². The van der Waals surface area contributed by atoms with Crippen LogP contribution < -0.4 is 5.32 Å². The minimum Gasteiger partial charge on any atom is -0.395 e. The normalized spacial score (nSPS) is 10.8. The number of rotatable bonds is 7. The number of hydrogen-bond acceptors (Lipinski definition) is 5. The Morgan fingerprint density at radius 3 is 2.38 bits per heavy atom. The summed E-state index contributed by atoms with van der Waals surface area (Å²) in [5.74, 6) is -0.494. The molecular weight excluding hydrogens is 210 g/mol. The van der Waals surface area contributed by atoms with Gasteiger partial charge in [-0.3, -0.25) is 4.79 Å². The van der Waals surface area contributed by atoms with Gasteiger partial charge in [0, 0.05) is 25.8 Å². The zero-order valence-electron chi connectivity index (χ0n) is 9.31. The first-order valence-electron chi connectivity index (χ1n) is 5.05. The molecule has 0 saturated carbocycles. The Balaban J connectivity index is 4.62. The number of nitrogens with zero attached hydrogens (tertiary/aromatic N) is 2. The van der Waals surface area contributed by atoms with Gasteiger partial charge in [0.25, 0.3) is 5.91 Å². The van der Waals surface area contributed by atoms with Gasteiger partial charge in [-0.05, 0) is 6.92 Å². The van der Waals surface area contributed by atoms with Gasteiger partial charge in [-0.15, -0.1) is 0 Å². The lowest BCUT2D eigenvalue weighted by Gasteiger charge is -2.19. The summed E-state index contributed by atoms with van der Waals surface area (Å²) < 4.78 is 0. The van der Waals surface area contributed by atoms with Gasteiger partial charge in [0.15, 0.2) is 0 Å². The summed E-state index contributed by atoms with van der Waals surface area (Å²) in [6.07, 6.45) is 1.34. The highest BCUT2D eigenvalue weighted by Gasteiger charge is 2.16. The van der Waals surface area contributed by atoms with Gasteiger partial charge in [0.05, 0.1) is 13.2 Å². The van der Waals surface area contributed by atoms with Gasteiger partial charge < -0.3 is 20.4 Å². The molecule has 0 aliphatic carbocycles. The zero-order chi connectivity index (χ0) is 12.4. The van der Waals surface area contributed by atoms with Gasteiger partial charge in [0.2, 0.25) is 0 Å². The molecule has 0 aromatic carbocycles. The van der Waals surface area contributed by atoms with Crippen molar-refractivity contribution in [1.29, 1.82) is 5.26 Å². The standard InChI is InChI=1S/C10H17N3O3/c1-2-12-8-9(7-11)10(16)13(3-5-14)4-6-15/h8,12,14-15H,2-6H2,1H3/b9-8-. The minimum atomic E-state index is -0.494. The van der Waals surface area contributed by atoms with E-state index in [0.29, 0.717) is 6.54 Å². The highest BCUT2D eigenvalue weighted by Crippen LogP contribution is 1.99. The second kappa shape index (κ2) is 8.71. The average Bonchev–Trinajstić information content (AvgIpc) is 2.29. The minimum absolute atomic E-state index is 0.0382. The Morgan fingerprint density at radius 1 is 1.44 bits per heavy atom. The van der Waals surface area contributed by atoms with Gasteiger partial charge in [-0.2, -0.15) is 5.26 Å². The SMILES string of the molecule is CCN/C=C(/C#N)C(=O)N(CCO)CCO. The molecule has 0 atom stereocenters. The number of nitrogens with one attached hydrogen (secondary N) is 1. The first-order valence-corrected chi connectivity index (χ1v) is 5.05. The van der Waals surface area contributed by atoms with E-state index in [1.165, 1.54) is 11.1 Å². The maximum absolute atomic E-state index is 11.7. The first-order chi connectivity index (χ1) is 7.71. The summed E-state index contributed by atoms with van der Waals surface area (Å²) in [4.78, 5) is 13.0. The van der Waals surface area contributed by atoms with Crippen LogP contribution in [0.25, 0.3) is 0 Å². The van der Waals surface area contributed by atoms with E-state index < -0.39 is 5.91 Å². The Hall–Kier alpha value is -1.58. The lowest BCUT2D eigenvalue weighted by molar-refractivity contribution is -0.127. The smallest absolute Gasteiger partial charge is 0.266 e. The maximum atomic E-state index is 11.7. The monoisotopic (exact) mass is 227 g/mol. The third-order valence-electron chi connectivity index (χ3n) is 1.83. The summed E-state index contributed by atoms with van der Waals surface area (Å²) in [6, 6.07) is 1.78. The third kappa shape index (κ3) is 4.77. The predicted molar refractivity (Wildman–Crippen MR) is 58.1 cm³/mol. The first kappa shape index (κ1) is 14.4. The Labute approximate surface area is 94.8 Å². The molecule has 6 nitrogen and oxygen atoms in total. The van der Waals surface area contributed by atoms with Gasteiger partial charge in [-0.25, -0.2) is 0 Å². The number of aliphatic hydroxyl groups is 2. The summed E-state index contributed by atoms with van der Waals surface area (Å²) in [6.45, 7) is 2.25. The third-order valence-corrected chi connectivity index (χ3v) is 1.83. The van der Waals surface area contributed by atoms with Crippen molar-refractivity contribution in [3.05, 3.63) is 11.8 Å². The van der Waals surface area contributed by atoms with E-state index in [0.717, 1.165) is 0 Å². The molecule has 0 bridgehead atoms. The molecule has 0 aromatic rings. The summed E-state index contributed by atoms with van der Waals surface area (Å²) >= 11 is 0. The van der Waals surface area contributed by atoms with Crippen molar-refractivity contribution in [1.82, 2.24) is 10.2 Å². The number of nitriles is 1. The van der Waals surface area contributed by atoms with Crippen molar-refractivity contribution in [2.75, 3.05) is 32.8 Å². The number of aliphatic hydroxyl groups excluding tert-OH is 2. The molecule has 0 spiro atoms. The van der Waals surface area contributed by atoms with Crippen LogP contribution in [-0.2, 0) is 4.79 Å². The molecule has 1 amide bonds. The number of carbonyl (C=O) groups excluding carboxylic acids is 1. The van der Waals surface area contributed by atoms with Crippen LogP contribution in [0.3, 0.4) is 0 Å². The fourth-order valence-corrected chi connectivity index (χ4v) is 1.07. The molecule has 0 saturated heterocycles. The van der Waals surface area contributed by atoms with E-state index in [1.807, 2.05) is 6.92 Å². The summed E-state index contributed by atoms with van der Waals surface area (Å²) in [7, 11) is 0. The van der Waals surface area contributed by atoms with Crippen LogP contribution >= 0.6 is 0 Å². The second-order valence-electron chi connectivity index (χ2n) is 2.97. The maximum Gasteiger partial charge on any atom is 0.266 e. The van der Waals surface area contributed by atoms with E-state index >= 15 is 0 Å². The highest BCUT2D eigenvalue weighted by molar-refractivity contribution is 5.97. The fourth-order valence-electron chi connectivity index (χ4n) is 1.07. The Bertz CT molecular complexity index is 278. The van der Waals surface area contributed by atoms with Crippen molar-refractivity contribution < 1.29 is 15.0 Å². The molecule has 0 aliphatic rings. The largest absolute Gasteiger partial charge is 0.395 e. The van der Waals surface area contributed by atoms with E-state index in [4.69, 9.17) is 15.5 Å². The fraction of sp³-hybridized carbons (Fsp3) is 0.600. The quantitative estimate of drug-likeness (QED) is 0.375. The van der Waals surface area contributed by atoms with Crippen molar-refractivity contribution in [2.45, 2.75) is 6.92 Å². The molecular formula is C10H17N3O3. The van der Waals surface area contributed by atoms with Crippen LogP contribution in [0.15, 0.2) is 11.8 Å². The van der Waals surface area contributed by atoms with Crippen molar-refractivity contribution in [3.63, 3.8) is 0 Å². The molecule has 0 radical (unpaired) electrons. The van der Waals surface area contributed by atoms with Gasteiger partial charge in [0.1, 0.15) is 11.6 Å². The van der Waals surface area contributed by atoms with Crippen molar-refractivity contribution in [3.8, 4) is 6.07 Å². The topological polar surface area (TPSA) is 96.6 Å². The Kier molecular flexibility index (Phi) is 7.85. The number of carbonyl (C=O) groups is 1. The molecule has 0 heterocycles. The lowest BCUT2D eigenvalue weighted by atomic mass is 10.2. The molecule has 0 aliphatic heterocycles. The Morgan fingerprint density at radius 2 is 2.00 bits per heavy atom. The molecule has 6 heteroatoms. The van der Waals surface area contributed by atoms with Crippen molar-refractivity contribution in [2.24, 2.45) is 0 Å². The number of amides is 1. The molecule has 0 unspecified atom stereocenters. The molecule has 16 heavy (non-hydrogen) atoms. The zero-order valence-corrected chi connectivity index (χ0v) is 9.31. The van der Waals surface area contributed by atoms with Crippen molar-refractivity contribution >= 4 is 5.91 Å². The highest BCUT2D eigenvalue weighted by atomic mass is 16.3. The van der Waals surface area contributed by atoms with Crippen LogP contribution in [0.5, 0.6) is 0 Å². The molecule has 0 fully saturated rings. The van der Waals surface area contributed by atoms with E-state index in [1.54, 1.807) is 6.07 Å². The molecule has 90 valence electrons. The average molecular weight is 227 g/mol. The predicted octanol–water partition coefficient (Wildman–Crippen LogP) is -1.18. The summed E-state index contributed by atoms with van der Waals surface area (Å²) in [5, 5.41) is 29.0. The molecule has 0 rings (SSSR count). The van der Waals surface area contributed by atoms with E-state index in [2.05, 4.69) is 5.32 Å². The van der Waals surface area contributed by atoms with Gasteiger partial charge >= 0.3 is 0 Å². The molecule has 0 aromatic heterocycles. The second-order valence-corrected chi connectivity index (χ2v) is 2.97. The van der Waals surface area contributed by atoms with Crippen LogP contribution in [-0.4, -0.2) is 53.9 Å². The lowest BCUT2D eigenvalue weighted by Crippen LogP contribution is -2.37.